The largest absolute Gasteiger partial charge is 0.343 e. The Labute approximate surface area is 149 Å². The Kier molecular flexibility index (Phi) is 6.88. The fourth-order valence-electron chi connectivity index (χ4n) is 2.64. The predicted octanol–water partition coefficient (Wildman–Crippen LogP) is 3.85. The number of hydrogen-bond donors (Lipinski definition) is 0. The van der Waals surface area contributed by atoms with Crippen LogP contribution in [0.25, 0.3) is 0 Å². The molecule has 1 amide bonds. The zero-order chi connectivity index (χ0) is 17.5. The van der Waals surface area contributed by atoms with Crippen LogP contribution < -0.4 is 0 Å². The number of rotatable bonds is 7. The van der Waals surface area contributed by atoms with Gasteiger partial charge in [0.25, 0.3) is 0 Å². The number of thioether (sulfide) groups is 1. The standard InChI is InChI=1S/C20H26N2OS/c1-16-9-8-10-17(15-16)19(21(2)3)20(23)22(4)13-14-24-18-11-6-5-7-12-18/h5-12,15,19H,13-14H2,1-4H3/t19-/m1/s1. The molecule has 0 fully saturated rings. The maximum atomic E-state index is 12.9. The molecule has 0 aliphatic carbocycles. The van der Waals surface area contributed by atoms with Crippen LogP contribution >= 0.6 is 11.8 Å². The van der Waals surface area contributed by atoms with Crippen LogP contribution in [0, 0.1) is 6.92 Å². The van der Waals surface area contributed by atoms with E-state index in [2.05, 4.69) is 31.2 Å². The minimum absolute atomic E-state index is 0.138. The summed E-state index contributed by atoms with van der Waals surface area (Å²) in [7, 11) is 5.80. The van der Waals surface area contributed by atoms with Crippen molar-refractivity contribution >= 4 is 17.7 Å². The molecule has 0 saturated carbocycles. The van der Waals surface area contributed by atoms with E-state index in [0.717, 1.165) is 17.9 Å². The number of aryl methyl sites for hydroxylation is 1. The predicted molar refractivity (Wildman–Crippen MR) is 102 cm³/mol. The summed E-state index contributed by atoms with van der Waals surface area (Å²) < 4.78 is 0. The maximum Gasteiger partial charge on any atom is 0.244 e. The molecule has 0 unspecified atom stereocenters. The van der Waals surface area contributed by atoms with Gasteiger partial charge >= 0.3 is 0 Å². The molecule has 2 aromatic rings. The quantitative estimate of drug-likeness (QED) is 0.714. The van der Waals surface area contributed by atoms with Gasteiger partial charge in [0, 0.05) is 24.2 Å². The van der Waals surface area contributed by atoms with Crippen LogP contribution in [0.5, 0.6) is 0 Å². The maximum absolute atomic E-state index is 12.9. The summed E-state index contributed by atoms with van der Waals surface area (Å²) in [5, 5.41) is 0. The summed E-state index contributed by atoms with van der Waals surface area (Å²) in [6.07, 6.45) is 0. The van der Waals surface area contributed by atoms with Gasteiger partial charge < -0.3 is 4.90 Å². The van der Waals surface area contributed by atoms with E-state index in [1.54, 1.807) is 11.8 Å². The Bertz CT molecular complexity index is 658. The van der Waals surface area contributed by atoms with Gasteiger partial charge in [-0.25, -0.2) is 0 Å². The molecule has 0 aliphatic heterocycles. The molecule has 128 valence electrons. The second-order valence-electron chi connectivity index (χ2n) is 6.20. The van der Waals surface area contributed by atoms with Gasteiger partial charge in [0.1, 0.15) is 6.04 Å². The summed E-state index contributed by atoms with van der Waals surface area (Å²) in [4.78, 5) is 18.0. The molecule has 0 aliphatic rings. The first-order chi connectivity index (χ1) is 11.5. The molecule has 0 N–H and O–H groups in total. The highest BCUT2D eigenvalue weighted by molar-refractivity contribution is 7.99. The number of benzene rings is 2. The zero-order valence-electron chi connectivity index (χ0n) is 14.9. The van der Waals surface area contributed by atoms with Crippen LogP contribution in [0.3, 0.4) is 0 Å². The molecule has 0 heterocycles. The van der Waals surface area contributed by atoms with Crippen molar-refractivity contribution in [2.45, 2.75) is 17.9 Å². The number of nitrogens with zero attached hydrogens (tertiary/aromatic N) is 2. The first-order valence-electron chi connectivity index (χ1n) is 8.15. The van der Waals surface area contributed by atoms with Gasteiger partial charge in [-0.1, -0.05) is 48.0 Å². The average Bonchev–Trinajstić information content (AvgIpc) is 2.55. The van der Waals surface area contributed by atoms with Crippen molar-refractivity contribution in [2.75, 3.05) is 33.4 Å². The van der Waals surface area contributed by atoms with Crippen molar-refractivity contribution in [3.8, 4) is 0 Å². The van der Waals surface area contributed by atoms with Crippen LogP contribution in [0.2, 0.25) is 0 Å². The molecular formula is C20H26N2OS. The monoisotopic (exact) mass is 342 g/mol. The summed E-state index contributed by atoms with van der Waals surface area (Å²) in [6, 6.07) is 18.2. The van der Waals surface area contributed by atoms with E-state index in [4.69, 9.17) is 0 Å². The van der Waals surface area contributed by atoms with Gasteiger partial charge in [0.15, 0.2) is 0 Å². The van der Waals surface area contributed by atoms with Crippen molar-refractivity contribution in [3.63, 3.8) is 0 Å². The highest BCUT2D eigenvalue weighted by Crippen LogP contribution is 2.22. The van der Waals surface area contributed by atoms with E-state index in [1.807, 2.05) is 61.3 Å². The van der Waals surface area contributed by atoms with Crippen LogP contribution in [-0.4, -0.2) is 49.1 Å². The van der Waals surface area contributed by atoms with Crippen molar-refractivity contribution < 1.29 is 4.79 Å². The van der Waals surface area contributed by atoms with Gasteiger partial charge in [0.05, 0.1) is 0 Å². The second kappa shape index (κ2) is 8.90. The van der Waals surface area contributed by atoms with Gasteiger partial charge in [0.2, 0.25) is 5.91 Å². The van der Waals surface area contributed by atoms with Crippen LogP contribution in [-0.2, 0) is 4.79 Å². The molecule has 2 aromatic carbocycles. The smallest absolute Gasteiger partial charge is 0.244 e. The first-order valence-corrected chi connectivity index (χ1v) is 9.13. The lowest BCUT2D eigenvalue weighted by molar-refractivity contribution is -0.134. The number of amides is 1. The Balaban J connectivity index is 1.98. The SMILES string of the molecule is Cc1cccc([C@H](C(=O)N(C)CCSc2ccccc2)N(C)C)c1. The third-order valence-electron chi connectivity index (χ3n) is 3.92. The molecular weight excluding hydrogens is 316 g/mol. The van der Waals surface area contributed by atoms with Crippen molar-refractivity contribution in [1.82, 2.24) is 9.80 Å². The topological polar surface area (TPSA) is 23.6 Å². The highest BCUT2D eigenvalue weighted by atomic mass is 32.2. The Morgan fingerprint density at radius 3 is 2.38 bits per heavy atom. The van der Waals surface area contributed by atoms with Crippen molar-refractivity contribution in [1.29, 1.82) is 0 Å². The van der Waals surface area contributed by atoms with E-state index in [1.165, 1.54) is 10.5 Å². The molecule has 0 radical (unpaired) electrons. The van der Waals surface area contributed by atoms with Gasteiger partial charge in [-0.05, 0) is 38.7 Å². The minimum atomic E-state index is -0.239. The van der Waals surface area contributed by atoms with Gasteiger partial charge in [-0.3, -0.25) is 9.69 Å². The third kappa shape index (κ3) is 5.11. The molecule has 0 aromatic heterocycles. The number of carbonyl (C=O) groups is 1. The van der Waals surface area contributed by atoms with E-state index < -0.39 is 0 Å². The summed E-state index contributed by atoms with van der Waals surface area (Å²) in [5.41, 5.74) is 2.22. The summed E-state index contributed by atoms with van der Waals surface area (Å²) in [5.74, 6) is 1.03. The van der Waals surface area contributed by atoms with Crippen LogP contribution in [0.1, 0.15) is 17.2 Å². The number of carbonyl (C=O) groups excluding carboxylic acids is 1. The molecule has 24 heavy (non-hydrogen) atoms. The summed E-state index contributed by atoms with van der Waals surface area (Å²) in [6.45, 7) is 2.79. The van der Waals surface area contributed by atoms with Gasteiger partial charge in [-0.15, -0.1) is 11.8 Å². The molecule has 0 spiro atoms. The fourth-order valence-corrected chi connectivity index (χ4v) is 3.59. The molecule has 1 atom stereocenters. The van der Waals surface area contributed by atoms with E-state index >= 15 is 0 Å². The Morgan fingerprint density at radius 2 is 1.75 bits per heavy atom. The number of likely N-dealkylation sites (N-methyl/N-ethyl adjacent to an activating group) is 2. The molecule has 4 heteroatoms. The normalized spacial score (nSPS) is 12.2. The summed E-state index contributed by atoms with van der Waals surface area (Å²) >= 11 is 1.78. The van der Waals surface area contributed by atoms with Crippen molar-refractivity contribution in [2.24, 2.45) is 0 Å². The number of hydrogen-bond acceptors (Lipinski definition) is 3. The fraction of sp³-hybridized carbons (Fsp3) is 0.350. The zero-order valence-corrected chi connectivity index (χ0v) is 15.7. The third-order valence-corrected chi connectivity index (χ3v) is 4.92. The minimum Gasteiger partial charge on any atom is -0.343 e. The lowest BCUT2D eigenvalue weighted by Gasteiger charge is -2.28. The lowest BCUT2D eigenvalue weighted by atomic mass is 10.0. The lowest BCUT2D eigenvalue weighted by Crippen LogP contribution is -2.39. The van der Waals surface area contributed by atoms with Crippen LogP contribution in [0.4, 0.5) is 0 Å². The molecule has 2 rings (SSSR count). The Hall–Kier alpha value is -1.78. The van der Waals surface area contributed by atoms with E-state index in [0.29, 0.717) is 0 Å². The first kappa shape index (κ1) is 18.6. The van der Waals surface area contributed by atoms with E-state index in [9.17, 15) is 4.79 Å². The second-order valence-corrected chi connectivity index (χ2v) is 7.37. The Morgan fingerprint density at radius 1 is 1.04 bits per heavy atom. The van der Waals surface area contributed by atoms with Crippen LogP contribution in [0.15, 0.2) is 59.5 Å². The molecule has 0 saturated heterocycles. The molecule has 3 nitrogen and oxygen atoms in total. The average molecular weight is 343 g/mol. The van der Waals surface area contributed by atoms with Crippen molar-refractivity contribution in [3.05, 3.63) is 65.7 Å². The van der Waals surface area contributed by atoms with Gasteiger partial charge in [-0.2, -0.15) is 0 Å². The van der Waals surface area contributed by atoms with E-state index in [-0.39, 0.29) is 11.9 Å². The highest BCUT2D eigenvalue weighted by Gasteiger charge is 2.25. The molecule has 0 bridgehead atoms.